The zero-order valence-corrected chi connectivity index (χ0v) is 12.8. The molecule has 0 aromatic carbocycles. The molecule has 0 spiro atoms. The molecule has 0 saturated carbocycles. The second kappa shape index (κ2) is 6.15. The molecule has 1 aliphatic heterocycles. The van der Waals surface area contributed by atoms with Gasteiger partial charge in [-0.2, -0.15) is 0 Å². The second-order valence-electron chi connectivity index (χ2n) is 5.60. The third kappa shape index (κ3) is 3.32. The molecule has 2 rings (SSSR count). The highest BCUT2D eigenvalue weighted by Gasteiger charge is 2.27. The standard InChI is InChI=1S/C14H25N3S/c1-11-5-8-18-14(11)13(10-16(3)4)17-7-6-15-12(2)9-17/h5,8,12-13,15H,6-7,9-10H2,1-4H3. The van der Waals surface area contributed by atoms with Crippen molar-refractivity contribution in [1.29, 1.82) is 0 Å². The average Bonchev–Trinajstić information content (AvgIpc) is 2.72. The molecule has 0 bridgehead atoms. The third-order valence-electron chi connectivity index (χ3n) is 3.58. The highest BCUT2D eigenvalue weighted by molar-refractivity contribution is 7.10. The van der Waals surface area contributed by atoms with Gasteiger partial charge in [0, 0.05) is 37.1 Å². The van der Waals surface area contributed by atoms with Crippen LogP contribution in [0.4, 0.5) is 0 Å². The fraction of sp³-hybridized carbons (Fsp3) is 0.714. The predicted octanol–water partition coefficient (Wildman–Crippen LogP) is 1.95. The molecule has 1 fully saturated rings. The van der Waals surface area contributed by atoms with Crippen molar-refractivity contribution in [3.05, 3.63) is 21.9 Å². The molecule has 1 N–H and O–H groups in total. The summed E-state index contributed by atoms with van der Waals surface area (Å²) in [5.41, 5.74) is 1.44. The summed E-state index contributed by atoms with van der Waals surface area (Å²) in [4.78, 5) is 6.48. The fourth-order valence-corrected chi connectivity index (χ4v) is 3.73. The van der Waals surface area contributed by atoms with Gasteiger partial charge in [-0.25, -0.2) is 0 Å². The van der Waals surface area contributed by atoms with Crippen molar-refractivity contribution in [3.63, 3.8) is 0 Å². The zero-order chi connectivity index (χ0) is 13.1. The van der Waals surface area contributed by atoms with Crippen LogP contribution in [-0.2, 0) is 0 Å². The Morgan fingerprint density at radius 2 is 2.33 bits per heavy atom. The molecule has 2 atom stereocenters. The van der Waals surface area contributed by atoms with Crippen LogP contribution in [0.1, 0.15) is 23.4 Å². The first-order chi connectivity index (χ1) is 8.58. The van der Waals surface area contributed by atoms with E-state index in [-0.39, 0.29) is 0 Å². The van der Waals surface area contributed by atoms with Gasteiger partial charge in [-0.15, -0.1) is 11.3 Å². The van der Waals surface area contributed by atoms with E-state index in [1.807, 2.05) is 11.3 Å². The van der Waals surface area contributed by atoms with Gasteiger partial charge in [0.05, 0.1) is 6.04 Å². The summed E-state index contributed by atoms with van der Waals surface area (Å²) in [6, 6.07) is 3.39. The van der Waals surface area contributed by atoms with Gasteiger partial charge >= 0.3 is 0 Å². The fourth-order valence-electron chi connectivity index (χ4n) is 2.68. The van der Waals surface area contributed by atoms with E-state index in [4.69, 9.17) is 0 Å². The molecule has 0 aliphatic carbocycles. The van der Waals surface area contributed by atoms with Crippen LogP contribution in [0.2, 0.25) is 0 Å². The van der Waals surface area contributed by atoms with Gasteiger partial charge in [-0.3, -0.25) is 4.90 Å². The quantitative estimate of drug-likeness (QED) is 0.899. The summed E-state index contributed by atoms with van der Waals surface area (Å²) in [5, 5.41) is 5.75. The van der Waals surface area contributed by atoms with Crippen LogP contribution < -0.4 is 5.32 Å². The van der Waals surface area contributed by atoms with Crippen LogP contribution in [0.15, 0.2) is 11.4 Å². The van der Waals surface area contributed by atoms with Crippen molar-refractivity contribution in [1.82, 2.24) is 15.1 Å². The van der Waals surface area contributed by atoms with Crippen molar-refractivity contribution in [2.75, 3.05) is 40.3 Å². The number of hydrogen-bond donors (Lipinski definition) is 1. The van der Waals surface area contributed by atoms with Crippen LogP contribution >= 0.6 is 11.3 Å². The summed E-state index contributed by atoms with van der Waals surface area (Å²) in [5.74, 6) is 0. The topological polar surface area (TPSA) is 18.5 Å². The molecule has 1 aromatic heterocycles. The lowest BCUT2D eigenvalue weighted by atomic mass is 10.1. The van der Waals surface area contributed by atoms with E-state index in [1.54, 1.807) is 0 Å². The number of nitrogens with zero attached hydrogens (tertiary/aromatic N) is 2. The van der Waals surface area contributed by atoms with Gasteiger partial charge in [-0.1, -0.05) is 0 Å². The highest BCUT2D eigenvalue weighted by Crippen LogP contribution is 2.29. The number of nitrogens with one attached hydrogen (secondary N) is 1. The first-order valence-corrected chi connectivity index (χ1v) is 7.62. The average molecular weight is 267 g/mol. The molecule has 1 aliphatic rings. The zero-order valence-electron chi connectivity index (χ0n) is 11.9. The van der Waals surface area contributed by atoms with E-state index >= 15 is 0 Å². The lowest BCUT2D eigenvalue weighted by Crippen LogP contribution is -2.51. The number of piperazine rings is 1. The Bertz CT molecular complexity index is 375. The molecule has 0 amide bonds. The molecule has 102 valence electrons. The number of aryl methyl sites for hydroxylation is 1. The van der Waals surface area contributed by atoms with E-state index < -0.39 is 0 Å². The van der Waals surface area contributed by atoms with Gasteiger partial charge in [0.1, 0.15) is 0 Å². The van der Waals surface area contributed by atoms with Crippen LogP contribution in [0.25, 0.3) is 0 Å². The van der Waals surface area contributed by atoms with E-state index in [1.165, 1.54) is 10.4 Å². The molecule has 2 unspecified atom stereocenters. The summed E-state index contributed by atoms with van der Waals surface area (Å²) < 4.78 is 0. The molecule has 1 aromatic rings. The summed E-state index contributed by atoms with van der Waals surface area (Å²) >= 11 is 1.91. The molecule has 3 nitrogen and oxygen atoms in total. The van der Waals surface area contributed by atoms with Crippen molar-refractivity contribution in [3.8, 4) is 0 Å². The van der Waals surface area contributed by atoms with Crippen molar-refractivity contribution in [2.45, 2.75) is 25.9 Å². The molecule has 2 heterocycles. The molecule has 1 saturated heterocycles. The number of hydrogen-bond acceptors (Lipinski definition) is 4. The molecular formula is C14H25N3S. The second-order valence-corrected chi connectivity index (χ2v) is 6.54. The number of thiophene rings is 1. The Morgan fingerprint density at radius 3 is 2.89 bits per heavy atom. The molecule has 18 heavy (non-hydrogen) atoms. The van der Waals surface area contributed by atoms with E-state index in [0.717, 1.165) is 26.2 Å². The minimum absolute atomic E-state index is 0.546. The van der Waals surface area contributed by atoms with Crippen molar-refractivity contribution < 1.29 is 0 Å². The minimum atomic E-state index is 0.546. The van der Waals surface area contributed by atoms with E-state index in [9.17, 15) is 0 Å². The Morgan fingerprint density at radius 1 is 1.56 bits per heavy atom. The minimum Gasteiger partial charge on any atom is -0.312 e. The van der Waals surface area contributed by atoms with E-state index in [2.05, 4.69) is 54.5 Å². The van der Waals surface area contributed by atoms with Gasteiger partial charge in [0.2, 0.25) is 0 Å². The lowest BCUT2D eigenvalue weighted by molar-refractivity contribution is 0.127. The highest BCUT2D eigenvalue weighted by atomic mass is 32.1. The molecular weight excluding hydrogens is 242 g/mol. The van der Waals surface area contributed by atoms with Gasteiger partial charge in [-0.05, 0) is 45.0 Å². The monoisotopic (exact) mass is 267 g/mol. The SMILES string of the molecule is Cc1ccsc1C(CN(C)C)N1CCNC(C)C1. The van der Waals surface area contributed by atoms with Gasteiger partial charge < -0.3 is 10.2 Å². The van der Waals surface area contributed by atoms with Crippen LogP contribution in [0.5, 0.6) is 0 Å². The normalized spacial score (nSPS) is 23.5. The van der Waals surface area contributed by atoms with Gasteiger partial charge in [0.15, 0.2) is 0 Å². The van der Waals surface area contributed by atoms with E-state index in [0.29, 0.717) is 12.1 Å². The smallest absolute Gasteiger partial charge is 0.0572 e. The Labute approximate surface area is 115 Å². The molecule has 0 radical (unpaired) electrons. The maximum absolute atomic E-state index is 3.53. The first kappa shape index (κ1) is 14.0. The Hall–Kier alpha value is -0.420. The van der Waals surface area contributed by atoms with Gasteiger partial charge in [0.25, 0.3) is 0 Å². The maximum Gasteiger partial charge on any atom is 0.0572 e. The van der Waals surface area contributed by atoms with Crippen LogP contribution in [0, 0.1) is 6.92 Å². The van der Waals surface area contributed by atoms with Crippen LogP contribution in [0.3, 0.4) is 0 Å². The van der Waals surface area contributed by atoms with Crippen molar-refractivity contribution in [2.24, 2.45) is 0 Å². The summed E-state index contributed by atoms with van der Waals surface area (Å²) in [7, 11) is 4.34. The number of rotatable bonds is 4. The largest absolute Gasteiger partial charge is 0.312 e. The Kier molecular flexibility index (Phi) is 4.78. The summed E-state index contributed by atoms with van der Waals surface area (Å²) in [6.45, 7) is 9.03. The summed E-state index contributed by atoms with van der Waals surface area (Å²) in [6.07, 6.45) is 0. The first-order valence-electron chi connectivity index (χ1n) is 6.74. The van der Waals surface area contributed by atoms with Crippen LogP contribution in [-0.4, -0.2) is 56.1 Å². The third-order valence-corrected chi connectivity index (χ3v) is 4.70. The predicted molar refractivity (Wildman–Crippen MR) is 79.4 cm³/mol. The Balaban J connectivity index is 2.17. The maximum atomic E-state index is 3.53. The molecule has 4 heteroatoms. The lowest BCUT2D eigenvalue weighted by Gasteiger charge is -2.39. The van der Waals surface area contributed by atoms with Crippen molar-refractivity contribution >= 4 is 11.3 Å². The number of likely N-dealkylation sites (N-methyl/N-ethyl adjacent to an activating group) is 1.